The van der Waals surface area contributed by atoms with Gasteiger partial charge in [0.2, 0.25) is 0 Å². The number of benzene rings is 2. The number of nitrogens with zero attached hydrogens (tertiary/aromatic N) is 1. The predicted molar refractivity (Wildman–Crippen MR) is 115 cm³/mol. The number of hydrogen-bond acceptors (Lipinski definition) is 6. The van der Waals surface area contributed by atoms with E-state index in [1.165, 1.54) is 11.8 Å². The second kappa shape index (κ2) is 7.25. The van der Waals surface area contributed by atoms with Gasteiger partial charge < -0.3 is 10.6 Å². The minimum absolute atomic E-state index is 0.0106. The minimum atomic E-state index is -2.96. The Morgan fingerprint density at radius 2 is 1.82 bits per heavy atom. The predicted octanol–water partition coefficient (Wildman–Crippen LogP) is 3.24. The Labute approximate surface area is 168 Å². The molecule has 2 aliphatic rings. The fourth-order valence-electron chi connectivity index (χ4n) is 3.53. The van der Waals surface area contributed by atoms with E-state index < -0.39 is 9.84 Å². The molecule has 2 heterocycles. The van der Waals surface area contributed by atoms with Crippen LogP contribution >= 0.6 is 11.8 Å². The first-order valence-corrected chi connectivity index (χ1v) is 11.7. The van der Waals surface area contributed by atoms with Gasteiger partial charge in [-0.2, -0.15) is 0 Å². The number of sulfone groups is 1. The number of nitrogens with one attached hydrogen (secondary N) is 2. The van der Waals surface area contributed by atoms with Gasteiger partial charge in [0.15, 0.2) is 15.0 Å². The summed E-state index contributed by atoms with van der Waals surface area (Å²) in [5.41, 5.74) is 4.24. The van der Waals surface area contributed by atoms with Crippen molar-refractivity contribution in [3.8, 4) is 0 Å². The van der Waals surface area contributed by atoms with E-state index in [1.807, 2.05) is 38.1 Å². The summed E-state index contributed by atoms with van der Waals surface area (Å²) in [5, 5.41) is 6.84. The van der Waals surface area contributed by atoms with Crippen LogP contribution in [0.15, 0.2) is 47.5 Å². The van der Waals surface area contributed by atoms with Crippen molar-refractivity contribution < 1.29 is 13.2 Å². The molecule has 146 valence electrons. The topological polar surface area (TPSA) is 87.6 Å². The van der Waals surface area contributed by atoms with Crippen LogP contribution in [0.2, 0.25) is 0 Å². The highest BCUT2D eigenvalue weighted by molar-refractivity contribution is 8.15. The molecule has 0 saturated carbocycles. The second-order valence-electron chi connectivity index (χ2n) is 7.27. The quantitative estimate of drug-likeness (QED) is 0.804. The number of fused-ring (bicyclic) bond motifs is 1. The van der Waals surface area contributed by atoms with Gasteiger partial charge in [0.1, 0.15) is 0 Å². The molecule has 0 unspecified atom stereocenters. The number of hydrogen-bond donors (Lipinski definition) is 2. The lowest BCUT2D eigenvalue weighted by molar-refractivity contribution is 0.102. The Kier molecular flexibility index (Phi) is 4.93. The number of aliphatic imine (C=N–C) groups is 1. The Balaban J connectivity index is 1.45. The summed E-state index contributed by atoms with van der Waals surface area (Å²) in [6, 6.07) is 13.0. The molecule has 0 spiro atoms. The first kappa shape index (κ1) is 19.0. The van der Waals surface area contributed by atoms with Crippen molar-refractivity contribution in [1.82, 2.24) is 0 Å². The largest absolute Gasteiger partial charge is 0.335 e. The van der Waals surface area contributed by atoms with Gasteiger partial charge in [0.25, 0.3) is 5.91 Å². The Hall–Kier alpha value is -2.32. The minimum Gasteiger partial charge on any atom is -0.335 e. The summed E-state index contributed by atoms with van der Waals surface area (Å²) in [6.45, 7) is 3.99. The fourth-order valence-corrected chi connectivity index (χ4v) is 7.20. The van der Waals surface area contributed by atoms with E-state index in [1.54, 1.807) is 12.1 Å². The van der Waals surface area contributed by atoms with E-state index in [0.29, 0.717) is 10.7 Å². The SMILES string of the molecule is Cc1cc(C)cc(NC(=O)c2cccc(NC3=N[C@@H]4CS(=O)(=O)C[C@@H]4S3)c2)c1. The van der Waals surface area contributed by atoms with E-state index in [2.05, 4.69) is 21.7 Å². The van der Waals surface area contributed by atoms with Crippen LogP contribution in [-0.4, -0.2) is 42.3 Å². The van der Waals surface area contributed by atoms with Gasteiger partial charge in [-0.15, -0.1) is 0 Å². The number of amides is 1. The highest BCUT2D eigenvalue weighted by Gasteiger charge is 2.42. The fraction of sp³-hybridized carbons (Fsp3) is 0.300. The van der Waals surface area contributed by atoms with Crippen molar-refractivity contribution in [2.24, 2.45) is 4.99 Å². The number of thioether (sulfide) groups is 1. The molecule has 0 aliphatic carbocycles. The van der Waals surface area contributed by atoms with Crippen molar-refractivity contribution in [3.63, 3.8) is 0 Å². The smallest absolute Gasteiger partial charge is 0.255 e. The summed E-state index contributed by atoms with van der Waals surface area (Å²) in [5.74, 6) is 0.112. The van der Waals surface area contributed by atoms with Gasteiger partial charge in [0.05, 0.1) is 17.5 Å². The second-order valence-corrected chi connectivity index (χ2v) is 10.7. The highest BCUT2D eigenvalue weighted by atomic mass is 32.2. The normalized spacial score (nSPS) is 22.4. The third-order valence-electron chi connectivity index (χ3n) is 4.67. The molecule has 2 atom stereocenters. The van der Waals surface area contributed by atoms with Crippen LogP contribution in [0.5, 0.6) is 0 Å². The molecule has 1 amide bonds. The average Bonchev–Trinajstić information content (AvgIpc) is 3.06. The molecule has 0 aromatic heterocycles. The third-order valence-corrected chi connectivity index (χ3v) is 7.82. The lowest BCUT2D eigenvalue weighted by Crippen LogP contribution is -2.14. The van der Waals surface area contributed by atoms with Crippen molar-refractivity contribution in [3.05, 3.63) is 59.2 Å². The summed E-state index contributed by atoms with van der Waals surface area (Å²) in [7, 11) is -2.96. The molecular formula is C20H21N3O3S2. The molecule has 0 bridgehead atoms. The first-order valence-electron chi connectivity index (χ1n) is 8.99. The zero-order valence-electron chi connectivity index (χ0n) is 15.6. The van der Waals surface area contributed by atoms with Gasteiger partial charge in [0, 0.05) is 22.2 Å². The summed E-state index contributed by atoms with van der Waals surface area (Å²) in [4.78, 5) is 17.1. The van der Waals surface area contributed by atoms with Gasteiger partial charge >= 0.3 is 0 Å². The molecule has 0 radical (unpaired) electrons. The standard InChI is InChI=1S/C20H21N3O3S2/c1-12-6-13(2)8-16(7-12)21-19(24)14-4-3-5-15(9-14)22-20-23-17-10-28(25,26)11-18(17)27-20/h3-9,17-18H,10-11H2,1-2H3,(H,21,24)(H,22,23)/t17-,18+/m1/s1. The Bertz CT molecular complexity index is 1060. The molecule has 2 aromatic rings. The molecule has 8 heteroatoms. The van der Waals surface area contributed by atoms with Gasteiger partial charge in [-0.3, -0.25) is 9.79 Å². The van der Waals surface area contributed by atoms with E-state index in [9.17, 15) is 13.2 Å². The molecular weight excluding hydrogens is 394 g/mol. The van der Waals surface area contributed by atoms with Crippen molar-refractivity contribution in [1.29, 1.82) is 0 Å². The first-order chi connectivity index (χ1) is 13.3. The van der Waals surface area contributed by atoms with Crippen LogP contribution in [0, 0.1) is 13.8 Å². The Morgan fingerprint density at radius 1 is 1.07 bits per heavy atom. The van der Waals surface area contributed by atoms with Crippen LogP contribution < -0.4 is 10.6 Å². The van der Waals surface area contributed by atoms with Crippen LogP contribution in [-0.2, 0) is 9.84 Å². The maximum atomic E-state index is 12.6. The molecule has 2 N–H and O–H groups in total. The van der Waals surface area contributed by atoms with Crippen LogP contribution in [0.25, 0.3) is 0 Å². The van der Waals surface area contributed by atoms with E-state index in [4.69, 9.17) is 0 Å². The molecule has 2 aliphatic heterocycles. The van der Waals surface area contributed by atoms with E-state index >= 15 is 0 Å². The highest BCUT2D eigenvalue weighted by Crippen LogP contribution is 2.34. The van der Waals surface area contributed by atoms with Crippen molar-refractivity contribution in [2.45, 2.75) is 25.1 Å². The zero-order valence-corrected chi connectivity index (χ0v) is 17.2. The van der Waals surface area contributed by atoms with Crippen LogP contribution in [0.4, 0.5) is 11.4 Å². The number of anilines is 2. The molecule has 6 nitrogen and oxygen atoms in total. The van der Waals surface area contributed by atoms with Gasteiger partial charge in [-0.25, -0.2) is 8.42 Å². The van der Waals surface area contributed by atoms with Crippen LogP contribution in [0.1, 0.15) is 21.5 Å². The number of carbonyl (C=O) groups excluding carboxylic acids is 1. The Morgan fingerprint density at radius 3 is 2.54 bits per heavy atom. The number of amidine groups is 1. The average molecular weight is 416 g/mol. The third kappa shape index (κ3) is 4.23. The van der Waals surface area contributed by atoms with E-state index in [0.717, 1.165) is 22.5 Å². The number of aryl methyl sites for hydroxylation is 2. The molecule has 4 rings (SSSR count). The van der Waals surface area contributed by atoms with Gasteiger partial charge in [-0.1, -0.05) is 23.9 Å². The van der Waals surface area contributed by atoms with Gasteiger partial charge in [-0.05, 0) is 55.3 Å². The summed E-state index contributed by atoms with van der Waals surface area (Å²) in [6.07, 6.45) is 0. The maximum Gasteiger partial charge on any atom is 0.255 e. The number of carbonyl (C=O) groups is 1. The van der Waals surface area contributed by atoms with Crippen LogP contribution in [0.3, 0.4) is 0 Å². The molecule has 1 saturated heterocycles. The zero-order chi connectivity index (χ0) is 19.9. The summed E-state index contributed by atoms with van der Waals surface area (Å²) >= 11 is 1.46. The summed E-state index contributed by atoms with van der Waals surface area (Å²) < 4.78 is 23.3. The molecule has 28 heavy (non-hydrogen) atoms. The lowest BCUT2D eigenvalue weighted by atomic mass is 10.1. The maximum absolute atomic E-state index is 12.6. The van der Waals surface area contributed by atoms with Crippen molar-refractivity contribution >= 4 is 44.0 Å². The molecule has 1 fully saturated rings. The monoisotopic (exact) mass is 415 g/mol. The number of rotatable bonds is 3. The van der Waals surface area contributed by atoms with Crippen molar-refractivity contribution in [2.75, 3.05) is 22.1 Å². The lowest BCUT2D eigenvalue weighted by Gasteiger charge is -2.10. The molecule has 2 aromatic carbocycles. The van der Waals surface area contributed by atoms with E-state index in [-0.39, 0.29) is 28.7 Å².